The molecule has 0 atom stereocenters. The van der Waals surface area contributed by atoms with Crippen molar-refractivity contribution in [3.63, 3.8) is 0 Å². The summed E-state index contributed by atoms with van der Waals surface area (Å²) in [6.07, 6.45) is 3.23. The number of methoxy groups -OCH3 is 2. The van der Waals surface area contributed by atoms with Gasteiger partial charge < -0.3 is 19.5 Å². The normalized spacial score (nSPS) is 17.5. The molecule has 1 aromatic carbocycles. The van der Waals surface area contributed by atoms with Crippen molar-refractivity contribution < 1.29 is 14.2 Å². The fourth-order valence-corrected chi connectivity index (χ4v) is 3.00. The predicted molar refractivity (Wildman–Crippen MR) is 84.4 cm³/mol. The zero-order valence-electron chi connectivity index (χ0n) is 13.4. The van der Waals surface area contributed by atoms with Crippen LogP contribution in [-0.4, -0.2) is 40.5 Å². The van der Waals surface area contributed by atoms with Gasteiger partial charge in [-0.1, -0.05) is 13.0 Å². The van der Waals surface area contributed by atoms with Crippen LogP contribution in [0.5, 0.6) is 11.5 Å². The van der Waals surface area contributed by atoms with Crippen molar-refractivity contribution in [2.45, 2.75) is 31.6 Å². The Kier molecular flexibility index (Phi) is 5.88. The van der Waals surface area contributed by atoms with Crippen LogP contribution in [-0.2, 0) is 10.2 Å². The molecule has 1 fully saturated rings. The van der Waals surface area contributed by atoms with E-state index in [9.17, 15) is 0 Å². The zero-order chi connectivity index (χ0) is 15.1. The molecule has 1 heterocycles. The average Bonchev–Trinajstić information content (AvgIpc) is 2.55. The average molecular weight is 293 g/mol. The fraction of sp³-hybridized carbons (Fsp3) is 0.647. The molecule has 118 valence electrons. The van der Waals surface area contributed by atoms with Gasteiger partial charge in [0.25, 0.3) is 0 Å². The summed E-state index contributed by atoms with van der Waals surface area (Å²) < 4.78 is 16.4. The first-order valence-corrected chi connectivity index (χ1v) is 7.77. The van der Waals surface area contributed by atoms with E-state index in [0.717, 1.165) is 57.1 Å². The van der Waals surface area contributed by atoms with E-state index in [-0.39, 0.29) is 5.41 Å². The molecule has 1 saturated heterocycles. The van der Waals surface area contributed by atoms with E-state index in [4.69, 9.17) is 14.2 Å². The Morgan fingerprint density at radius 2 is 1.86 bits per heavy atom. The van der Waals surface area contributed by atoms with Crippen LogP contribution in [0.1, 0.15) is 31.7 Å². The van der Waals surface area contributed by atoms with Gasteiger partial charge in [0.05, 0.1) is 14.2 Å². The van der Waals surface area contributed by atoms with Gasteiger partial charge in [-0.2, -0.15) is 0 Å². The number of rotatable bonds is 7. The molecule has 0 saturated carbocycles. The van der Waals surface area contributed by atoms with Crippen LogP contribution < -0.4 is 14.8 Å². The largest absolute Gasteiger partial charge is 0.493 e. The van der Waals surface area contributed by atoms with Crippen molar-refractivity contribution in [2.75, 3.05) is 40.5 Å². The van der Waals surface area contributed by atoms with E-state index in [0.29, 0.717) is 0 Å². The fourth-order valence-electron chi connectivity index (χ4n) is 3.00. The Morgan fingerprint density at radius 3 is 2.48 bits per heavy atom. The smallest absolute Gasteiger partial charge is 0.161 e. The SMILES string of the molecule is CCCNCC1(c2ccc(OC)c(OC)c2)CCOCC1. The van der Waals surface area contributed by atoms with E-state index < -0.39 is 0 Å². The summed E-state index contributed by atoms with van der Waals surface area (Å²) >= 11 is 0. The monoisotopic (exact) mass is 293 g/mol. The highest BCUT2D eigenvalue weighted by atomic mass is 16.5. The van der Waals surface area contributed by atoms with Crippen LogP contribution in [0.25, 0.3) is 0 Å². The molecule has 0 unspecified atom stereocenters. The molecular formula is C17H27NO3. The van der Waals surface area contributed by atoms with Gasteiger partial charge in [-0.15, -0.1) is 0 Å². The Labute approximate surface area is 127 Å². The van der Waals surface area contributed by atoms with Gasteiger partial charge in [0.15, 0.2) is 11.5 Å². The van der Waals surface area contributed by atoms with Crippen LogP contribution in [0.3, 0.4) is 0 Å². The van der Waals surface area contributed by atoms with Crippen LogP contribution in [0.15, 0.2) is 18.2 Å². The first kappa shape index (κ1) is 16.1. The number of hydrogen-bond acceptors (Lipinski definition) is 4. The van der Waals surface area contributed by atoms with Gasteiger partial charge in [-0.25, -0.2) is 0 Å². The summed E-state index contributed by atoms with van der Waals surface area (Å²) in [6.45, 7) is 5.87. The lowest BCUT2D eigenvalue weighted by Crippen LogP contribution is -2.43. The maximum absolute atomic E-state index is 5.57. The second-order valence-electron chi connectivity index (χ2n) is 5.64. The second-order valence-corrected chi connectivity index (χ2v) is 5.64. The highest BCUT2D eigenvalue weighted by Gasteiger charge is 2.34. The first-order chi connectivity index (χ1) is 10.3. The summed E-state index contributed by atoms with van der Waals surface area (Å²) in [5.74, 6) is 1.58. The third-order valence-corrected chi connectivity index (χ3v) is 4.34. The minimum Gasteiger partial charge on any atom is -0.493 e. The summed E-state index contributed by atoms with van der Waals surface area (Å²) in [7, 11) is 3.36. The number of benzene rings is 1. The molecule has 2 rings (SSSR count). The van der Waals surface area contributed by atoms with Crippen molar-refractivity contribution in [1.82, 2.24) is 5.32 Å². The Balaban J connectivity index is 2.27. The molecule has 0 bridgehead atoms. The van der Waals surface area contributed by atoms with Crippen LogP contribution >= 0.6 is 0 Å². The summed E-state index contributed by atoms with van der Waals surface area (Å²) in [6, 6.07) is 6.29. The molecule has 1 N–H and O–H groups in total. The summed E-state index contributed by atoms with van der Waals surface area (Å²) in [5, 5.41) is 3.58. The molecule has 1 aromatic rings. The number of ether oxygens (including phenoxy) is 3. The maximum atomic E-state index is 5.57. The Morgan fingerprint density at radius 1 is 1.14 bits per heavy atom. The molecule has 4 nitrogen and oxygen atoms in total. The Bertz CT molecular complexity index is 442. The molecule has 0 amide bonds. The topological polar surface area (TPSA) is 39.7 Å². The molecule has 21 heavy (non-hydrogen) atoms. The maximum Gasteiger partial charge on any atom is 0.161 e. The third kappa shape index (κ3) is 3.69. The van der Waals surface area contributed by atoms with Crippen molar-refractivity contribution in [3.05, 3.63) is 23.8 Å². The van der Waals surface area contributed by atoms with Crippen molar-refractivity contribution in [3.8, 4) is 11.5 Å². The first-order valence-electron chi connectivity index (χ1n) is 7.77. The van der Waals surface area contributed by atoms with Gasteiger partial charge >= 0.3 is 0 Å². The van der Waals surface area contributed by atoms with Crippen LogP contribution in [0, 0.1) is 0 Å². The summed E-state index contributed by atoms with van der Waals surface area (Å²) in [4.78, 5) is 0. The number of nitrogens with one attached hydrogen (secondary N) is 1. The van der Waals surface area contributed by atoms with Crippen LogP contribution in [0.4, 0.5) is 0 Å². The number of hydrogen-bond donors (Lipinski definition) is 1. The molecular weight excluding hydrogens is 266 g/mol. The lowest BCUT2D eigenvalue weighted by molar-refractivity contribution is 0.0498. The zero-order valence-corrected chi connectivity index (χ0v) is 13.4. The van der Waals surface area contributed by atoms with Gasteiger partial charge in [0.2, 0.25) is 0 Å². The predicted octanol–water partition coefficient (Wildman–Crippen LogP) is 2.75. The molecule has 0 aromatic heterocycles. The van der Waals surface area contributed by atoms with E-state index >= 15 is 0 Å². The quantitative estimate of drug-likeness (QED) is 0.785. The van der Waals surface area contributed by atoms with Crippen molar-refractivity contribution in [1.29, 1.82) is 0 Å². The molecule has 4 heteroatoms. The van der Waals surface area contributed by atoms with Crippen molar-refractivity contribution >= 4 is 0 Å². The minimum absolute atomic E-state index is 0.132. The molecule has 0 spiro atoms. The standard InChI is InChI=1S/C17H27NO3/c1-4-9-18-13-17(7-10-21-11-8-17)14-5-6-15(19-2)16(12-14)20-3/h5-6,12,18H,4,7-11,13H2,1-3H3. The van der Waals surface area contributed by atoms with E-state index in [1.807, 2.05) is 6.07 Å². The molecule has 1 aliphatic heterocycles. The highest BCUT2D eigenvalue weighted by molar-refractivity contribution is 5.45. The van der Waals surface area contributed by atoms with Gasteiger partial charge in [0.1, 0.15) is 0 Å². The second kappa shape index (κ2) is 7.66. The van der Waals surface area contributed by atoms with E-state index in [2.05, 4.69) is 24.4 Å². The molecule has 0 aliphatic carbocycles. The van der Waals surface area contributed by atoms with Gasteiger partial charge in [0, 0.05) is 25.2 Å². The molecule has 1 aliphatic rings. The van der Waals surface area contributed by atoms with E-state index in [1.54, 1.807) is 14.2 Å². The van der Waals surface area contributed by atoms with Crippen molar-refractivity contribution in [2.24, 2.45) is 0 Å². The van der Waals surface area contributed by atoms with Gasteiger partial charge in [-0.05, 0) is 43.5 Å². The summed E-state index contributed by atoms with van der Waals surface area (Å²) in [5.41, 5.74) is 1.44. The molecule has 0 radical (unpaired) electrons. The van der Waals surface area contributed by atoms with E-state index in [1.165, 1.54) is 5.56 Å². The lowest BCUT2D eigenvalue weighted by atomic mass is 9.74. The van der Waals surface area contributed by atoms with Gasteiger partial charge in [-0.3, -0.25) is 0 Å². The van der Waals surface area contributed by atoms with Crippen LogP contribution in [0.2, 0.25) is 0 Å². The Hall–Kier alpha value is -1.26. The highest BCUT2D eigenvalue weighted by Crippen LogP contribution is 2.38. The third-order valence-electron chi connectivity index (χ3n) is 4.34. The lowest BCUT2D eigenvalue weighted by Gasteiger charge is -2.38. The minimum atomic E-state index is 0.132.